The maximum atomic E-state index is 14.0. The summed E-state index contributed by atoms with van der Waals surface area (Å²) < 4.78 is 20.4. The van der Waals surface area contributed by atoms with Crippen LogP contribution in [0.1, 0.15) is 6.23 Å². The lowest BCUT2D eigenvalue weighted by atomic mass is 10.1. The molecule has 0 radical (unpaired) electrons. The molecule has 2 aromatic heterocycles. The van der Waals surface area contributed by atoms with E-state index in [1.807, 2.05) is 0 Å². The SMILES string of the molecule is Nc1[nH]c(=O)nc2c1ncn2[C@@H]1O[C@H](CO)[C@@H](O)[C@@H]1F. The Kier molecular flexibility index (Phi) is 2.92. The Balaban J connectivity index is 2.09. The number of anilines is 1. The first-order valence-electron chi connectivity index (χ1n) is 5.83. The predicted octanol–water partition coefficient (Wildman–Crippen LogP) is -1.71. The number of ether oxygens (including phenoxy) is 1. The molecule has 10 heteroatoms. The molecule has 0 amide bonds. The summed E-state index contributed by atoms with van der Waals surface area (Å²) in [6.45, 7) is -0.527. The molecule has 0 spiro atoms. The Bertz CT molecular complexity index is 701. The van der Waals surface area contributed by atoms with Crippen LogP contribution in [-0.4, -0.2) is 54.7 Å². The number of aromatic nitrogens is 4. The van der Waals surface area contributed by atoms with E-state index < -0.39 is 36.9 Å². The van der Waals surface area contributed by atoms with Gasteiger partial charge in [-0.1, -0.05) is 0 Å². The highest BCUT2D eigenvalue weighted by Crippen LogP contribution is 2.33. The first-order chi connectivity index (χ1) is 9.52. The van der Waals surface area contributed by atoms with E-state index in [9.17, 15) is 14.3 Å². The molecule has 0 saturated carbocycles. The number of nitrogens with two attached hydrogens (primary N) is 1. The van der Waals surface area contributed by atoms with Gasteiger partial charge in [0.15, 0.2) is 18.0 Å². The van der Waals surface area contributed by atoms with Gasteiger partial charge >= 0.3 is 5.69 Å². The van der Waals surface area contributed by atoms with Crippen LogP contribution in [0.5, 0.6) is 0 Å². The number of nitrogens with one attached hydrogen (secondary N) is 1. The van der Waals surface area contributed by atoms with E-state index >= 15 is 0 Å². The van der Waals surface area contributed by atoms with Crippen molar-refractivity contribution in [1.82, 2.24) is 19.5 Å². The Hall–Kier alpha value is -2.04. The molecule has 1 aliphatic rings. The van der Waals surface area contributed by atoms with Crippen molar-refractivity contribution in [2.24, 2.45) is 0 Å². The van der Waals surface area contributed by atoms with Gasteiger partial charge in [0, 0.05) is 0 Å². The van der Waals surface area contributed by atoms with Crippen LogP contribution in [0.25, 0.3) is 11.2 Å². The number of rotatable bonds is 2. The smallest absolute Gasteiger partial charge is 0.348 e. The summed E-state index contributed by atoms with van der Waals surface area (Å²) in [7, 11) is 0. The topological polar surface area (TPSA) is 139 Å². The Morgan fingerprint density at radius 1 is 1.60 bits per heavy atom. The van der Waals surface area contributed by atoms with Crippen molar-refractivity contribution in [3.05, 3.63) is 16.8 Å². The molecule has 4 atom stereocenters. The zero-order valence-corrected chi connectivity index (χ0v) is 10.1. The van der Waals surface area contributed by atoms with Gasteiger partial charge in [0.2, 0.25) is 0 Å². The summed E-state index contributed by atoms with van der Waals surface area (Å²) in [5.74, 6) is 0.00594. The van der Waals surface area contributed by atoms with Crippen molar-refractivity contribution in [1.29, 1.82) is 0 Å². The van der Waals surface area contributed by atoms with Crippen LogP contribution in [0.3, 0.4) is 0 Å². The predicted molar refractivity (Wildman–Crippen MR) is 64.5 cm³/mol. The van der Waals surface area contributed by atoms with Crippen LogP contribution < -0.4 is 11.4 Å². The highest BCUT2D eigenvalue weighted by molar-refractivity contribution is 5.81. The number of aliphatic hydroxyl groups excluding tert-OH is 2. The van der Waals surface area contributed by atoms with Gasteiger partial charge in [-0.2, -0.15) is 4.98 Å². The Morgan fingerprint density at radius 3 is 3.00 bits per heavy atom. The Labute approximate surface area is 110 Å². The van der Waals surface area contributed by atoms with Gasteiger partial charge in [-0.3, -0.25) is 9.55 Å². The van der Waals surface area contributed by atoms with Crippen LogP contribution in [0, 0.1) is 0 Å². The van der Waals surface area contributed by atoms with Crippen molar-refractivity contribution in [3.8, 4) is 0 Å². The fraction of sp³-hybridized carbons (Fsp3) is 0.500. The molecule has 108 valence electrons. The molecule has 3 heterocycles. The number of aromatic amines is 1. The van der Waals surface area contributed by atoms with Gasteiger partial charge in [-0.05, 0) is 0 Å². The molecule has 0 bridgehead atoms. The summed E-state index contributed by atoms with van der Waals surface area (Å²) in [5.41, 5.74) is 5.13. The normalized spacial score (nSPS) is 30.1. The molecule has 2 aromatic rings. The number of alkyl halides is 1. The number of hydrogen-bond donors (Lipinski definition) is 4. The molecule has 1 saturated heterocycles. The summed E-state index contributed by atoms with van der Waals surface area (Å²) >= 11 is 0. The fourth-order valence-corrected chi connectivity index (χ4v) is 2.22. The average molecular weight is 285 g/mol. The van der Waals surface area contributed by atoms with Gasteiger partial charge < -0.3 is 20.7 Å². The van der Waals surface area contributed by atoms with E-state index in [-0.39, 0.29) is 17.0 Å². The van der Waals surface area contributed by atoms with Crippen molar-refractivity contribution in [2.75, 3.05) is 12.3 Å². The number of aliphatic hydroxyl groups is 2. The minimum Gasteiger partial charge on any atom is -0.394 e. The second-order valence-electron chi connectivity index (χ2n) is 4.46. The van der Waals surface area contributed by atoms with E-state index in [1.54, 1.807) is 0 Å². The van der Waals surface area contributed by atoms with Gasteiger partial charge in [-0.25, -0.2) is 14.2 Å². The highest BCUT2D eigenvalue weighted by Gasteiger charge is 2.45. The number of imidazole rings is 1. The van der Waals surface area contributed by atoms with Crippen molar-refractivity contribution >= 4 is 17.0 Å². The van der Waals surface area contributed by atoms with E-state index in [0.717, 1.165) is 0 Å². The number of fused-ring (bicyclic) bond motifs is 1. The lowest BCUT2D eigenvalue weighted by Gasteiger charge is -2.14. The van der Waals surface area contributed by atoms with Gasteiger partial charge in [0.1, 0.15) is 23.5 Å². The van der Waals surface area contributed by atoms with Gasteiger partial charge in [0.25, 0.3) is 0 Å². The molecule has 1 fully saturated rings. The molecule has 1 aliphatic heterocycles. The third kappa shape index (κ3) is 1.77. The highest BCUT2D eigenvalue weighted by atomic mass is 19.1. The van der Waals surface area contributed by atoms with Crippen LogP contribution in [-0.2, 0) is 4.74 Å². The second kappa shape index (κ2) is 4.51. The van der Waals surface area contributed by atoms with E-state index in [1.165, 1.54) is 10.9 Å². The number of nitrogens with zero attached hydrogens (tertiary/aromatic N) is 3. The fourth-order valence-electron chi connectivity index (χ4n) is 2.22. The Morgan fingerprint density at radius 2 is 2.35 bits per heavy atom. The average Bonchev–Trinajstić information content (AvgIpc) is 2.93. The second-order valence-corrected chi connectivity index (χ2v) is 4.46. The number of nitrogen functional groups attached to an aromatic ring is 1. The van der Waals surface area contributed by atoms with E-state index in [0.29, 0.717) is 0 Å². The van der Waals surface area contributed by atoms with Gasteiger partial charge in [-0.15, -0.1) is 0 Å². The van der Waals surface area contributed by atoms with Crippen molar-refractivity contribution in [2.45, 2.75) is 24.6 Å². The summed E-state index contributed by atoms with van der Waals surface area (Å²) in [4.78, 5) is 21.2. The molecule has 0 aliphatic carbocycles. The quantitative estimate of drug-likeness (QED) is 0.515. The van der Waals surface area contributed by atoms with Crippen LogP contribution >= 0.6 is 0 Å². The third-order valence-electron chi connectivity index (χ3n) is 3.22. The molecule has 20 heavy (non-hydrogen) atoms. The van der Waals surface area contributed by atoms with E-state index in [2.05, 4.69) is 15.0 Å². The molecule has 0 aromatic carbocycles. The summed E-state index contributed by atoms with van der Waals surface area (Å²) in [6, 6.07) is 0. The van der Waals surface area contributed by atoms with Gasteiger partial charge in [0.05, 0.1) is 12.9 Å². The summed E-state index contributed by atoms with van der Waals surface area (Å²) in [5, 5.41) is 18.6. The summed E-state index contributed by atoms with van der Waals surface area (Å²) in [6.07, 6.45) is -4.33. The van der Waals surface area contributed by atoms with E-state index in [4.69, 9.17) is 15.6 Å². The first-order valence-corrected chi connectivity index (χ1v) is 5.83. The molecule has 9 nitrogen and oxygen atoms in total. The largest absolute Gasteiger partial charge is 0.394 e. The zero-order valence-electron chi connectivity index (χ0n) is 10.1. The van der Waals surface area contributed by atoms with Crippen molar-refractivity contribution < 1.29 is 19.3 Å². The van der Waals surface area contributed by atoms with Crippen LogP contribution in [0.2, 0.25) is 0 Å². The van der Waals surface area contributed by atoms with Crippen LogP contribution in [0.4, 0.5) is 10.2 Å². The zero-order chi connectivity index (χ0) is 14.4. The third-order valence-corrected chi connectivity index (χ3v) is 3.22. The molecular formula is C10H12FN5O4. The minimum atomic E-state index is -1.79. The van der Waals surface area contributed by atoms with Crippen LogP contribution in [0.15, 0.2) is 11.1 Å². The number of halogens is 1. The molecule has 3 rings (SSSR count). The first kappa shape index (κ1) is 13.0. The molecular weight excluding hydrogens is 273 g/mol. The lowest BCUT2D eigenvalue weighted by molar-refractivity contribution is -0.0459. The monoisotopic (exact) mass is 285 g/mol. The minimum absolute atomic E-state index is 0.00594. The maximum Gasteiger partial charge on any atom is 0.348 e. The standard InChI is InChI=1S/C10H12FN5O4/c11-4-6(18)3(1-17)20-9(4)16-2-13-5-7(12)14-10(19)15-8(5)16/h2-4,6,9,17-18H,1H2,(H3,12,14,15,19)/t3-,4+,6-,9-/m1/s1. The maximum absolute atomic E-state index is 14.0. The number of hydrogen-bond acceptors (Lipinski definition) is 7. The molecule has 0 unspecified atom stereocenters. The number of H-pyrrole nitrogens is 1. The molecule has 5 N–H and O–H groups in total. The lowest BCUT2D eigenvalue weighted by Crippen LogP contribution is -2.30. The van der Waals surface area contributed by atoms with Crippen molar-refractivity contribution in [3.63, 3.8) is 0 Å².